The van der Waals surface area contributed by atoms with Crippen LogP contribution in [0, 0.1) is 0 Å². The third kappa shape index (κ3) is 8.68. The molecule has 2 nitrogen and oxygen atoms in total. The molecule has 4 heteroatoms. The zero-order valence-corrected chi connectivity index (χ0v) is 21.0. The van der Waals surface area contributed by atoms with Gasteiger partial charge in [-0.15, -0.1) is 29.8 Å². The molecular weight excluding hydrogens is 475 g/mol. The average molecular weight is 503 g/mol. The van der Waals surface area contributed by atoms with Gasteiger partial charge in [0.05, 0.1) is 0 Å². The maximum absolute atomic E-state index is 5.74. The van der Waals surface area contributed by atoms with Gasteiger partial charge in [-0.3, -0.25) is 0 Å². The van der Waals surface area contributed by atoms with E-state index in [4.69, 9.17) is 32.7 Å². The average Bonchev–Trinajstić information content (AvgIpc) is 2.91. The number of rotatable bonds is 9. The number of hydrogen-bond donors (Lipinski definition) is 0. The van der Waals surface area contributed by atoms with E-state index in [1.54, 1.807) is 6.08 Å². The summed E-state index contributed by atoms with van der Waals surface area (Å²) in [6, 6.07) is 31.3. The first-order valence-corrected chi connectivity index (χ1v) is 12.3. The monoisotopic (exact) mass is 502 g/mol. The topological polar surface area (TPSA) is 18.5 Å². The summed E-state index contributed by atoms with van der Waals surface area (Å²) in [5.74, 6) is 4.31. The highest BCUT2D eigenvalue weighted by Crippen LogP contribution is 2.24. The maximum Gasteiger partial charge on any atom is 0.128 e. The van der Waals surface area contributed by atoms with Gasteiger partial charge in [-0.25, -0.2) is 0 Å². The van der Waals surface area contributed by atoms with E-state index in [-0.39, 0.29) is 0 Å². The van der Waals surface area contributed by atoms with Crippen LogP contribution in [0.5, 0.6) is 23.0 Å². The Hall–Kier alpha value is -3.46. The van der Waals surface area contributed by atoms with Gasteiger partial charge in [-0.2, -0.15) is 0 Å². The van der Waals surface area contributed by atoms with Crippen molar-refractivity contribution >= 4 is 29.3 Å². The van der Waals surface area contributed by atoms with Gasteiger partial charge in [-0.05, 0) is 77.2 Å². The van der Waals surface area contributed by atoms with Gasteiger partial charge in [0.1, 0.15) is 23.0 Å². The Labute approximate surface area is 218 Å². The van der Waals surface area contributed by atoms with E-state index in [1.807, 2.05) is 103 Å². The first-order valence-electron chi connectivity index (χ1n) is 11.2. The van der Waals surface area contributed by atoms with E-state index >= 15 is 0 Å². The second-order valence-corrected chi connectivity index (χ2v) is 8.21. The number of hydrogen-bond acceptors (Lipinski definition) is 2. The molecule has 35 heavy (non-hydrogen) atoms. The van der Waals surface area contributed by atoms with Crippen LogP contribution in [0.25, 0.3) is 6.08 Å². The Morgan fingerprint density at radius 3 is 1.46 bits per heavy atom. The number of allylic oxidation sites excluding steroid dienone is 1. The molecular formula is C31H28Cl2O2. The van der Waals surface area contributed by atoms with E-state index in [9.17, 15) is 0 Å². The summed E-state index contributed by atoms with van der Waals surface area (Å²) < 4.78 is 11.5. The lowest BCUT2D eigenvalue weighted by molar-refractivity contribution is 0.482. The summed E-state index contributed by atoms with van der Waals surface area (Å²) in [7, 11) is 0. The molecule has 0 aliphatic heterocycles. The Morgan fingerprint density at radius 2 is 1.03 bits per heavy atom. The molecule has 0 aromatic heterocycles. The molecule has 0 atom stereocenters. The number of halogens is 2. The minimum absolute atomic E-state index is 0.520. The van der Waals surface area contributed by atoms with Crippen LogP contribution in [-0.4, -0.2) is 0 Å². The SMILES string of the molecule is C=CCc1ccc(Oc2ccc(CCl)cc2)cc1.C=Cc1cccc(Oc2ccc(CCl)cc2)c1. The molecule has 178 valence electrons. The second kappa shape index (κ2) is 14.1. The summed E-state index contributed by atoms with van der Waals surface area (Å²) in [5.41, 5.74) is 4.44. The normalized spacial score (nSPS) is 10.0. The van der Waals surface area contributed by atoms with Crippen LogP contribution < -0.4 is 9.47 Å². The van der Waals surface area contributed by atoms with Crippen LogP contribution in [-0.2, 0) is 18.2 Å². The molecule has 0 bridgehead atoms. The van der Waals surface area contributed by atoms with Gasteiger partial charge >= 0.3 is 0 Å². The van der Waals surface area contributed by atoms with Crippen LogP contribution >= 0.6 is 23.2 Å². The molecule has 0 spiro atoms. The lowest BCUT2D eigenvalue weighted by Crippen LogP contribution is -1.86. The summed E-state index contributed by atoms with van der Waals surface area (Å²) in [6.45, 7) is 7.45. The molecule has 0 N–H and O–H groups in total. The largest absolute Gasteiger partial charge is 0.457 e. The number of ether oxygens (including phenoxy) is 2. The minimum Gasteiger partial charge on any atom is -0.457 e. The van der Waals surface area contributed by atoms with Crippen molar-refractivity contribution in [3.8, 4) is 23.0 Å². The first kappa shape index (κ1) is 26.2. The van der Waals surface area contributed by atoms with E-state index in [2.05, 4.69) is 13.2 Å². The fourth-order valence-electron chi connectivity index (χ4n) is 3.13. The zero-order valence-electron chi connectivity index (χ0n) is 19.5. The molecule has 0 radical (unpaired) electrons. The quantitative estimate of drug-likeness (QED) is 0.167. The van der Waals surface area contributed by atoms with Crippen LogP contribution in [0.1, 0.15) is 22.3 Å². The fraction of sp³-hybridized carbons (Fsp3) is 0.0968. The summed E-state index contributed by atoms with van der Waals surface area (Å²) in [5, 5.41) is 0. The lowest BCUT2D eigenvalue weighted by Gasteiger charge is -2.06. The maximum atomic E-state index is 5.74. The molecule has 0 amide bonds. The molecule has 4 rings (SSSR count). The van der Waals surface area contributed by atoms with E-state index in [1.165, 1.54) is 5.56 Å². The van der Waals surface area contributed by atoms with Crippen molar-refractivity contribution in [3.63, 3.8) is 0 Å². The fourth-order valence-corrected chi connectivity index (χ4v) is 3.49. The van der Waals surface area contributed by atoms with Crippen molar-refractivity contribution < 1.29 is 9.47 Å². The Balaban J connectivity index is 0.000000196. The molecule has 4 aromatic rings. The van der Waals surface area contributed by atoms with E-state index in [0.29, 0.717) is 11.8 Å². The van der Waals surface area contributed by atoms with Crippen LogP contribution in [0.3, 0.4) is 0 Å². The highest BCUT2D eigenvalue weighted by Gasteiger charge is 1.99. The summed E-state index contributed by atoms with van der Waals surface area (Å²) in [6.07, 6.45) is 4.56. The van der Waals surface area contributed by atoms with Gasteiger partial charge < -0.3 is 9.47 Å². The number of benzene rings is 4. The van der Waals surface area contributed by atoms with Gasteiger partial charge in [0.25, 0.3) is 0 Å². The second-order valence-electron chi connectivity index (χ2n) is 7.67. The Bertz CT molecular complexity index is 1200. The van der Waals surface area contributed by atoms with Crippen LogP contribution in [0.15, 0.2) is 116 Å². The summed E-state index contributed by atoms with van der Waals surface area (Å²) >= 11 is 11.5. The van der Waals surface area contributed by atoms with Crippen LogP contribution in [0.4, 0.5) is 0 Å². The third-order valence-electron chi connectivity index (χ3n) is 5.02. The standard InChI is InChI=1S/C16H15ClO.C15H13ClO/c1-2-3-13-4-8-15(9-5-13)18-16-10-6-14(12-17)7-11-16;1-2-12-4-3-5-15(10-12)17-14-8-6-13(11-16)7-9-14/h2,4-11H,1,3,12H2;2-10H,1,11H2. The van der Waals surface area contributed by atoms with Crippen molar-refractivity contribution in [3.05, 3.63) is 139 Å². The highest BCUT2D eigenvalue weighted by atomic mass is 35.5. The molecule has 0 heterocycles. The molecule has 0 aliphatic carbocycles. The number of alkyl halides is 2. The van der Waals surface area contributed by atoms with Crippen molar-refractivity contribution in [1.29, 1.82) is 0 Å². The lowest BCUT2D eigenvalue weighted by atomic mass is 10.1. The van der Waals surface area contributed by atoms with E-state index < -0.39 is 0 Å². The van der Waals surface area contributed by atoms with Crippen LogP contribution in [0.2, 0.25) is 0 Å². The van der Waals surface area contributed by atoms with Gasteiger partial charge in [0.2, 0.25) is 0 Å². The molecule has 0 saturated heterocycles. The first-order chi connectivity index (χ1) is 17.1. The van der Waals surface area contributed by atoms with Crippen molar-refractivity contribution in [2.24, 2.45) is 0 Å². The molecule has 0 fully saturated rings. The predicted octanol–water partition coefficient (Wildman–Crippen LogP) is 9.81. The molecule has 0 saturated carbocycles. The summed E-state index contributed by atoms with van der Waals surface area (Å²) in [4.78, 5) is 0. The van der Waals surface area contributed by atoms with Gasteiger partial charge in [0, 0.05) is 11.8 Å². The van der Waals surface area contributed by atoms with E-state index in [0.717, 1.165) is 46.1 Å². The zero-order chi connectivity index (χ0) is 24.9. The van der Waals surface area contributed by atoms with Crippen molar-refractivity contribution in [2.75, 3.05) is 0 Å². The Kier molecular flexibility index (Phi) is 10.5. The predicted molar refractivity (Wildman–Crippen MR) is 149 cm³/mol. The Morgan fingerprint density at radius 1 is 0.571 bits per heavy atom. The van der Waals surface area contributed by atoms with Crippen molar-refractivity contribution in [1.82, 2.24) is 0 Å². The highest BCUT2D eigenvalue weighted by molar-refractivity contribution is 6.17. The third-order valence-corrected chi connectivity index (χ3v) is 5.64. The van der Waals surface area contributed by atoms with Gasteiger partial charge in [-0.1, -0.05) is 67.3 Å². The van der Waals surface area contributed by atoms with Crippen molar-refractivity contribution in [2.45, 2.75) is 18.2 Å². The molecule has 0 unspecified atom stereocenters. The van der Waals surface area contributed by atoms with Gasteiger partial charge in [0.15, 0.2) is 0 Å². The smallest absolute Gasteiger partial charge is 0.128 e. The molecule has 0 aliphatic rings. The molecule has 4 aromatic carbocycles. The minimum atomic E-state index is 0.520.